The summed E-state index contributed by atoms with van der Waals surface area (Å²) in [6.45, 7) is 8.66. The van der Waals surface area contributed by atoms with E-state index in [-0.39, 0.29) is 5.54 Å². The minimum Gasteiger partial charge on any atom is -0.381 e. The Morgan fingerprint density at radius 1 is 1.25 bits per heavy atom. The molecule has 0 aromatic rings. The van der Waals surface area contributed by atoms with Gasteiger partial charge in [-0.05, 0) is 38.5 Å². The van der Waals surface area contributed by atoms with Crippen LogP contribution in [-0.2, 0) is 4.74 Å². The first-order chi connectivity index (χ1) is 7.59. The van der Waals surface area contributed by atoms with Crippen molar-refractivity contribution in [2.75, 3.05) is 26.3 Å². The van der Waals surface area contributed by atoms with Crippen LogP contribution in [-0.4, -0.2) is 42.8 Å². The van der Waals surface area contributed by atoms with E-state index in [0.717, 1.165) is 38.5 Å². The van der Waals surface area contributed by atoms with Gasteiger partial charge in [0.1, 0.15) is 0 Å². The summed E-state index contributed by atoms with van der Waals surface area (Å²) in [6, 6.07) is 0.708. The van der Waals surface area contributed by atoms with E-state index in [2.05, 4.69) is 18.7 Å². The molecule has 2 rings (SSSR count). The molecule has 0 bridgehead atoms. The van der Waals surface area contributed by atoms with Gasteiger partial charge in [-0.2, -0.15) is 0 Å². The van der Waals surface area contributed by atoms with Crippen molar-refractivity contribution < 1.29 is 4.74 Å². The molecule has 0 amide bonds. The lowest BCUT2D eigenvalue weighted by atomic mass is 9.87. The maximum absolute atomic E-state index is 6.48. The molecule has 3 nitrogen and oxygen atoms in total. The van der Waals surface area contributed by atoms with Crippen molar-refractivity contribution in [1.29, 1.82) is 0 Å². The van der Waals surface area contributed by atoms with E-state index >= 15 is 0 Å². The van der Waals surface area contributed by atoms with E-state index < -0.39 is 0 Å². The molecule has 2 aliphatic heterocycles. The molecule has 2 heterocycles. The number of nitrogens with two attached hydrogens (primary N) is 1. The zero-order valence-corrected chi connectivity index (χ0v) is 10.7. The highest BCUT2D eigenvalue weighted by atomic mass is 16.5. The number of ether oxygens (including phenoxy) is 1. The predicted octanol–water partition coefficient (Wildman–Crippen LogP) is 1.61. The summed E-state index contributed by atoms with van der Waals surface area (Å²) in [5.74, 6) is 0.833. The Labute approximate surface area is 99.3 Å². The van der Waals surface area contributed by atoms with Gasteiger partial charge < -0.3 is 10.5 Å². The monoisotopic (exact) mass is 226 g/mol. The van der Waals surface area contributed by atoms with Crippen LogP contribution in [0.2, 0.25) is 0 Å². The second-order valence-electron chi connectivity index (χ2n) is 5.94. The van der Waals surface area contributed by atoms with E-state index in [0.29, 0.717) is 6.04 Å². The molecular weight excluding hydrogens is 200 g/mol. The number of hydrogen-bond acceptors (Lipinski definition) is 3. The number of piperidine rings is 1. The molecule has 2 atom stereocenters. The third-order valence-corrected chi connectivity index (χ3v) is 4.25. The summed E-state index contributed by atoms with van der Waals surface area (Å²) in [7, 11) is 0. The Hall–Kier alpha value is -0.120. The quantitative estimate of drug-likeness (QED) is 0.777. The van der Waals surface area contributed by atoms with Gasteiger partial charge in [0.05, 0.1) is 0 Å². The van der Waals surface area contributed by atoms with Gasteiger partial charge in [0.15, 0.2) is 0 Å². The Bertz CT molecular complexity index is 226. The van der Waals surface area contributed by atoms with Crippen LogP contribution in [0, 0.1) is 5.92 Å². The second kappa shape index (κ2) is 5.03. The minimum atomic E-state index is 0.00354. The van der Waals surface area contributed by atoms with Crippen molar-refractivity contribution in [3.63, 3.8) is 0 Å². The largest absolute Gasteiger partial charge is 0.381 e. The minimum absolute atomic E-state index is 0.00354. The van der Waals surface area contributed by atoms with Crippen molar-refractivity contribution in [3.8, 4) is 0 Å². The lowest BCUT2D eigenvalue weighted by Crippen LogP contribution is -2.56. The maximum atomic E-state index is 6.48. The van der Waals surface area contributed by atoms with Gasteiger partial charge in [0, 0.05) is 37.9 Å². The predicted molar refractivity (Wildman–Crippen MR) is 66.4 cm³/mol. The van der Waals surface area contributed by atoms with Crippen molar-refractivity contribution in [2.45, 2.75) is 51.1 Å². The third-order valence-electron chi connectivity index (χ3n) is 4.25. The normalized spacial score (nSPS) is 36.2. The van der Waals surface area contributed by atoms with Crippen LogP contribution in [0.15, 0.2) is 0 Å². The lowest BCUT2D eigenvalue weighted by Gasteiger charge is -2.43. The Kier molecular flexibility index (Phi) is 3.88. The van der Waals surface area contributed by atoms with Gasteiger partial charge in [-0.25, -0.2) is 0 Å². The molecule has 2 unspecified atom stereocenters. The molecule has 2 N–H and O–H groups in total. The van der Waals surface area contributed by atoms with Crippen LogP contribution in [0.25, 0.3) is 0 Å². The van der Waals surface area contributed by atoms with E-state index in [9.17, 15) is 0 Å². The van der Waals surface area contributed by atoms with Crippen LogP contribution in [0.1, 0.15) is 39.5 Å². The molecule has 0 radical (unpaired) electrons. The molecule has 94 valence electrons. The summed E-state index contributed by atoms with van der Waals surface area (Å²) in [4.78, 5) is 2.60. The summed E-state index contributed by atoms with van der Waals surface area (Å²) in [5, 5.41) is 0. The van der Waals surface area contributed by atoms with Gasteiger partial charge >= 0.3 is 0 Å². The smallest absolute Gasteiger partial charge is 0.0484 e. The van der Waals surface area contributed by atoms with Gasteiger partial charge in [0.2, 0.25) is 0 Å². The molecule has 0 aliphatic carbocycles. The number of likely N-dealkylation sites (tertiary alicyclic amines) is 1. The average Bonchev–Trinajstić information content (AvgIpc) is 2.24. The molecule has 16 heavy (non-hydrogen) atoms. The van der Waals surface area contributed by atoms with Crippen molar-refractivity contribution in [1.82, 2.24) is 4.90 Å². The van der Waals surface area contributed by atoms with E-state index in [4.69, 9.17) is 10.5 Å². The highest BCUT2D eigenvalue weighted by Crippen LogP contribution is 2.26. The molecule has 2 saturated heterocycles. The van der Waals surface area contributed by atoms with Crippen LogP contribution in [0.3, 0.4) is 0 Å². The van der Waals surface area contributed by atoms with Crippen molar-refractivity contribution in [3.05, 3.63) is 0 Å². The summed E-state index contributed by atoms with van der Waals surface area (Å²) >= 11 is 0. The molecule has 2 aliphatic rings. The van der Waals surface area contributed by atoms with Gasteiger partial charge in [-0.1, -0.05) is 6.92 Å². The van der Waals surface area contributed by atoms with Crippen LogP contribution in [0.5, 0.6) is 0 Å². The molecule has 0 saturated carbocycles. The lowest BCUT2D eigenvalue weighted by molar-refractivity contribution is 0.0200. The fourth-order valence-corrected chi connectivity index (χ4v) is 2.94. The molecule has 0 aromatic heterocycles. The van der Waals surface area contributed by atoms with Gasteiger partial charge in [-0.15, -0.1) is 0 Å². The Morgan fingerprint density at radius 3 is 2.62 bits per heavy atom. The fraction of sp³-hybridized carbons (Fsp3) is 1.00. The van der Waals surface area contributed by atoms with Crippen molar-refractivity contribution in [2.24, 2.45) is 11.7 Å². The standard InChI is InChI=1S/C13H26N2O/c1-11-3-4-12(2)15(9-11)10-13(14)5-7-16-8-6-13/h11-12H,3-10,14H2,1-2H3. The van der Waals surface area contributed by atoms with Crippen LogP contribution >= 0.6 is 0 Å². The Morgan fingerprint density at radius 2 is 1.94 bits per heavy atom. The summed E-state index contributed by atoms with van der Waals surface area (Å²) < 4.78 is 5.40. The molecule has 2 fully saturated rings. The molecule has 0 aromatic carbocycles. The number of hydrogen-bond donors (Lipinski definition) is 1. The highest BCUT2D eigenvalue weighted by molar-refractivity contribution is 4.92. The van der Waals surface area contributed by atoms with E-state index in [1.807, 2.05) is 0 Å². The Balaban J connectivity index is 1.91. The van der Waals surface area contributed by atoms with E-state index in [1.54, 1.807) is 0 Å². The van der Waals surface area contributed by atoms with Crippen molar-refractivity contribution >= 4 is 0 Å². The van der Waals surface area contributed by atoms with Crippen LogP contribution in [0.4, 0.5) is 0 Å². The summed E-state index contributed by atoms with van der Waals surface area (Å²) in [6.07, 6.45) is 4.74. The first kappa shape index (κ1) is 12.3. The fourth-order valence-electron chi connectivity index (χ4n) is 2.94. The number of rotatable bonds is 2. The zero-order valence-electron chi connectivity index (χ0n) is 10.7. The maximum Gasteiger partial charge on any atom is 0.0484 e. The SMILES string of the molecule is CC1CCC(C)N(CC2(N)CCOCC2)C1. The number of nitrogens with zero attached hydrogens (tertiary/aromatic N) is 1. The highest BCUT2D eigenvalue weighted by Gasteiger charge is 2.33. The first-order valence-electron chi connectivity index (χ1n) is 6.70. The van der Waals surface area contributed by atoms with E-state index in [1.165, 1.54) is 19.4 Å². The molecule has 0 spiro atoms. The second-order valence-corrected chi connectivity index (χ2v) is 5.94. The van der Waals surface area contributed by atoms with Crippen LogP contribution < -0.4 is 5.73 Å². The topological polar surface area (TPSA) is 38.5 Å². The van der Waals surface area contributed by atoms with Gasteiger partial charge in [0.25, 0.3) is 0 Å². The molecular formula is C13H26N2O. The van der Waals surface area contributed by atoms with Gasteiger partial charge in [-0.3, -0.25) is 4.90 Å². The first-order valence-corrected chi connectivity index (χ1v) is 6.70. The molecule has 3 heteroatoms. The average molecular weight is 226 g/mol. The third kappa shape index (κ3) is 2.96. The summed E-state index contributed by atoms with van der Waals surface area (Å²) in [5.41, 5.74) is 6.48. The zero-order chi connectivity index (χ0) is 11.6.